The zero-order valence-corrected chi connectivity index (χ0v) is 13.6. The lowest BCUT2D eigenvalue weighted by molar-refractivity contribution is -0.136. The summed E-state index contributed by atoms with van der Waals surface area (Å²) >= 11 is 0. The predicted octanol–water partition coefficient (Wildman–Crippen LogP) is 2.78. The van der Waals surface area contributed by atoms with E-state index >= 15 is 0 Å². The van der Waals surface area contributed by atoms with Crippen molar-refractivity contribution in [3.8, 4) is 0 Å². The molecule has 6 nitrogen and oxygen atoms in total. The van der Waals surface area contributed by atoms with Gasteiger partial charge in [0, 0.05) is 24.7 Å². The molecule has 0 spiro atoms. The van der Waals surface area contributed by atoms with Gasteiger partial charge in [0.25, 0.3) is 0 Å². The number of rotatable bonds is 5. The highest BCUT2D eigenvalue weighted by molar-refractivity contribution is 5.92. The van der Waals surface area contributed by atoms with Crippen molar-refractivity contribution in [2.45, 2.75) is 71.4 Å². The van der Waals surface area contributed by atoms with Crippen LogP contribution in [0.4, 0.5) is 5.82 Å². The molecule has 0 bridgehead atoms. The first kappa shape index (κ1) is 16.5. The fourth-order valence-electron chi connectivity index (χ4n) is 3.20. The van der Waals surface area contributed by atoms with Crippen molar-refractivity contribution in [3.63, 3.8) is 0 Å². The SMILES string of the molecule is CC(=O)N(c1nn(C2CCCCC2)cc1CC(=O)O)C(C)C. The second-order valence-electron chi connectivity index (χ2n) is 6.30. The normalized spacial score (nSPS) is 16.0. The van der Waals surface area contributed by atoms with Gasteiger partial charge in [-0.15, -0.1) is 0 Å². The molecule has 1 fully saturated rings. The maximum absolute atomic E-state index is 11.9. The Morgan fingerprint density at radius 3 is 2.50 bits per heavy atom. The summed E-state index contributed by atoms with van der Waals surface area (Å²) in [5.74, 6) is -0.525. The smallest absolute Gasteiger partial charge is 0.308 e. The number of hydrogen-bond donors (Lipinski definition) is 1. The molecule has 1 aromatic rings. The molecule has 0 unspecified atom stereocenters. The Balaban J connectivity index is 2.38. The van der Waals surface area contributed by atoms with Crippen LogP contribution in [0.25, 0.3) is 0 Å². The van der Waals surface area contributed by atoms with Gasteiger partial charge < -0.3 is 5.11 Å². The maximum Gasteiger partial charge on any atom is 0.308 e. The van der Waals surface area contributed by atoms with Gasteiger partial charge in [-0.1, -0.05) is 19.3 Å². The summed E-state index contributed by atoms with van der Waals surface area (Å²) in [6.07, 6.45) is 7.43. The minimum atomic E-state index is -0.906. The lowest BCUT2D eigenvalue weighted by atomic mass is 9.96. The lowest BCUT2D eigenvalue weighted by Crippen LogP contribution is -2.36. The van der Waals surface area contributed by atoms with Crippen LogP contribution >= 0.6 is 0 Å². The number of anilines is 1. The fourth-order valence-corrected chi connectivity index (χ4v) is 3.20. The standard InChI is InChI=1S/C16H25N3O3/c1-11(2)19(12(3)20)16-13(9-15(21)22)10-18(17-16)14-7-5-4-6-8-14/h10-11,14H,4-9H2,1-3H3,(H,21,22). The van der Waals surface area contributed by atoms with Crippen LogP contribution in [0.1, 0.15) is 64.5 Å². The molecule has 0 radical (unpaired) electrons. The summed E-state index contributed by atoms with van der Waals surface area (Å²) in [5.41, 5.74) is 0.613. The van der Waals surface area contributed by atoms with E-state index in [0.717, 1.165) is 12.8 Å². The minimum Gasteiger partial charge on any atom is -0.481 e. The summed E-state index contributed by atoms with van der Waals surface area (Å²) in [4.78, 5) is 24.6. The van der Waals surface area contributed by atoms with Gasteiger partial charge in [-0.25, -0.2) is 0 Å². The summed E-state index contributed by atoms with van der Waals surface area (Å²) in [7, 11) is 0. The van der Waals surface area contributed by atoms with Gasteiger partial charge in [0.05, 0.1) is 12.5 Å². The molecule has 1 saturated carbocycles. The molecule has 1 amide bonds. The maximum atomic E-state index is 11.9. The van der Waals surface area contributed by atoms with E-state index in [-0.39, 0.29) is 18.4 Å². The largest absolute Gasteiger partial charge is 0.481 e. The van der Waals surface area contributed by atoms with Crippen LogP contribution in [0.3, 0.4) is 0 Å². The molecule has 0 aromatic carbocycles. The van der Waals surface area contributed by atoms with Crippen molar-refractivity contribution in [2.24, 2.45) is 0 Å². The summed E-state index contributed by atoms with van der Waals surface area (Å²) in [6, 6.07) is 0.260. The Morgan fingerprint density at radius 2 is 2.00 bits per heavy atom. The third-order valence-electron chi connectivity index (χ3n) is 4.16. The van der Waals surface area contributed by atoms with Gasteiger partial charge in [-0.2, -0.15) is 5.10 Å². The molecular weight excluding hydrogens is 282 g/mol. The summed E-state index contributed by atoms with van der Waals surface area (Å²) in [5, 5.41) is 13.7. The van der Waals surface area contributed by atoms with Crippen LogP contribution in [0.15, 0.2) is 6.20 Å². The van der Waals surface area contributed by atoms with Crippen LogP contribution in [-0.4, -0.2) is 32.8 Å². The van der Waals surface area contributed by atoms with Gasteiger partial charge in [0.2, 0.25) is 5.91 Å². The number of aliphatic carboxylic acids is 1. The van der Waals surface area contributed by atoms with Gasteiger partial charge in [-0.05, 0) is 26.7 Å². The van der Waals surface area contributed by atoms with E-state index in [2.05, 4.69) is 5.10 Å². The number of aromatic nitrogens is 2. The van der Waals surface area contributed by atoms with Crippen molar-refractivity contribution in [1.29, 1.82) is 0 Å². The molecule has 2 rings (SSSR count). The summed E-state index contributed by atoms with van der Waals surface area (Å²) in [6.45, 7) is 5.31. The zero-order chi connectivity index (χ0) is 16.3. The van der Waals surface area contributed by atoms with Crippen LogP contribution in [0.5, 0.6) is 0 Å². The molecular formula is C16H25N3O3. The van der Waals surface area contributed by atoms with Crippen molar-refractivity contribution in [3.05, 3.63) is 11.8 Å². The number of amides is 1. The first-order valence-corrected chi connectivity index (χ1v) is 7.99. The van der Waals surface area contributed by atoms with Crippen molar-refractivity contribution in [1.82, 2.24) is 9.78 Å². The van der Waals surface area contributed by atoms with Crippen LogP contribution < -0.4 is 4.90 Å². The van der Waals surface area contributed by atoms with Gasteiger partial charge in [-0.3, -0.25) is 19.2 Å². The number of carbonyl (C=O) groups is 2. The Hall–Kier alpha value is -1.85. The van der Waals surface area contributed by atoms with Crippen molar-refractivity contribution < 1.29 is 14.7 Å². The van der Waals surface area contributed by atoms with Gasteiger partial charge in [0.1, 0.15) is 0 Å². The Bertz CT molecular complexity index is 545. The van der Waals surface area contributed by atoms with Crippen LogP contribution in [0.2, 0.25) is 0 Å². The number of hydrogen-bond acceptors (Lipinski definition) is 3. The number of carboxylic acid groups (broad SMARTS) is 1. The third-order valence-corrected chi connectivity index (χ3v) is 4.16. The van der Waals surface area contributed by atoms with Gasteiger partial charge in [0.15, 0.2) is 5.82 Å². The monoisotopic (exact) mass is 307 g/mol. The molecule has 1 heterocycles. The minimum absolute atomic E-state index is 0.0558. The Labute approximate surface area is 131 Å². The average Bonchev–Trinajstić information content (AvgIpc) is 2.82. The van der Waals surface area contributed by atoms with Crippen LogP contribution in [-0.2, 0) is 16.0 Å². The Morgan fingerprint density at radius 1 is 1.36 bits per heavy atom. The van der Waals surface area contributed by atoms with E-state index in [1.54, 1.807) is 4.90 Å². The van der Waals surface area contributed by atoms with E-state index in [0.29, 0.717) is 17.4 Å². The lowest BCUT2D eigenvalue weighted by Gasteiger charge is -2.25. The number of carbonyl (C=O) groups excluding carboxylic acids is 1. The molecule has 1 aliphatic rings. The molecule has 6 heteroatoms. The molecule has 1 N–H and O–H groups in total. The van der Waals surface area contributed by atoms with Crippen molar-refractivity contribution in [2.75, 3.05) is 4.90 Å². The van der Waals surface area contributed by atoms with E-state index in [4.69, 9.17) is 5.11 Å². The number of nitrogens with zero attached hydrogens (tertiary/aromatic N) is 3. The molecule has 0 atom stereocenters. The van der Waals surface area contributed by atoms with E-state index < -0.39 is 5.97 Å². The van der Waals surface area contributed by atoms with Gasteiger partial charge >= 0.3 is 5.97 Å². The molecule has 1 aliphatic carbocycles. The van der Waals surface area contributed by atoms with Crippen molar-refractivity contribution >= 4 is 17.7 Å². The third kappa shape index (κ3) is 3.67. The quantitative estimate of drug-likeness (QED) is 0.907. The van der Waals surface area contributed by atoms with Crippen LogP contribution in [0, 0.1) is 0 Å². The second-order valence-corrected chi connectivity index (χ2v) is 6.30. The zero-order valence-electron chi connectivity index (χ0n) is 13.6. The van der Waals surface area contributed by atoms with E-state index in [9.17, 15) is 9.59 Å². The molecule has 1 aromatic heterocycles. The molecule has 122 valence electrons. The highest BCUT2D eigenvalue weighted by Gasteiger charge is 2.26. The second kappa shape index (κ2) is 6.94. The molecule has 0 aliphatic heterocycles. The van der Waals surface area contributed by atoms with E-state index in [1.165, 1.54) is 26.2 Å². The Kier molecular flexibility index (Phi) is 5.21. The highest BCUT2D eigenvalue weighted by atomic mass is 16.4. The highest BCUT2D eigenvalue weighted by Crippen LogP contribution is 2.31. The first-order chi connectivity index (χ1) is 10.4. The fraction of sp³-hybridized carbons (Fsp3) is 0.688. The molecule has 22 heavy (non-hydrogen) atoms. The average molecular weight is 307 g/mol. The topological polar surface area (TPSA) is 75.4 Å². The predicted molar refractivity (Wildman–Crippen MR) is 84.0 cm³/mol. The van der Waals surface area contributed by atoms with E-state index in [1.807, 2.05) is 24.7 Å². The first-order valence-electron chi connectivity index (χ1n) is 7.99. The summed E-state index contributed by atoms with van der Waals surface area (Å²) < 4.78 is 1.88. The number of carboxylic acids is 1. The molecule has 0 saturated heterocycles.